The van der Waals surface area contributed by atoms with Crippen molar-refractivity contribution in [3.63, 3.8) is 0 Å². The summed E-state index contributed by atoms with van der Waals surface area (Å²) in [7, 11) is 0. The Balaban J connectivity index is 2.39. The molecule has 0 aliphatic carbocycles. The zero-order valence-electron chi connectivity index (χ0n) is 7.08. The number of nitrogens with one attached hydrogen (secondary N) is 1. The Morgan fingerprint density at radius 2 is 2.50 bits per heavy atom. The van der Waals surface area contributed by atoms with E-state index in [2.05, 4.69) is 4.98 Å². The van der Waals surface area contributed by atoms with Gasteiger partial charge in [0, 0.05) is 18.8 Å². The summed E-state index contributed by atoms with van der Waals surface area (Å²) < 4.78 is 0. The molecule has 0 amide bonds. The standard InChI is InChI=1S/C9H13NO2/c1-7(2-3-9(11)12)8-4-5-10-6-8/h4-7,10H,2-3H2,1H3,(H,11,12). The lowest BCUT2D eigenvalue weighted by Crippen LogP contribution is -1.98. The SMILES string of the molecule is CC(CCC(=O)O)c1cc[nH]c1. The molecule has 1 heterocycles. The van der Waals surface area contributed by atoms with Crippen LogP contribution in [0.4, 0.5) is 0 Å². The highest BCUT2D eigenvalue weighted by Gasteiger charge is 2.07. The molecule has 0 spiro atoms. The first-order chi connectivity index (χ1) is 5.70. The van der Waals surface area contributed by atoms with E-state index in [4.69, 9.17) is 5.11 Å². The van der Waals surface area contributed by atoms with Gasteiger partial charge in [0.15, 0.2) is 0 Å². The van der Waals surface area contributed by atoms with Crippen LogP contribution in [-0.2, 0) is 4.79 Å². The molecule has 1 unspecified atom stereocenters. The summed E-state index contributed by atoms with van der Waals surface area (Å²) in [6.45, 7) is 2.03. The fraction of sp³-hybridized carbons (Fsp3) is 0.444. The minimum absolute atomic E-state index is 0.242. The number of carboxylic acid groups (broad SMARTS) is 1. The monoisotopic (exact) mass is 167 g/mol. The van der Waals surface area contributed by atoms with Crippen LogP contribution >= 0.6 is 0 Å². The van der Waals surface area contributed by atoms with Gasteiger partial charge in [0.1, 0.15) is 0 Å². The van der Waals surface area contributed by atoms with E-state index in [0.29, 0.717) is 12.3 Å². The van der Waals surface area contributed by atoms with Crippen LogP contribution in [0.1, 0.15) is 31.2 Å². The third kappa shape index (κ3) is 2.42. The van der Waals surface area contributed by atoms with Crippen LogP contribution < -0.4 is 0 Å². The Hall–Kier alpha value is -1.25. The summed E-state index contributed by atoms with van der Waals surface area (Å²) >= 11 is 0. The number of aliphatic carboxylic acids is 1. The van der Waals surface area contributed by atoms with E-state index in [1.165, 1.54) is 5.56 Å². The molecule has 3 nitrogen and oxygen atoms in total. The first kappa shape index (κ1) is 8.84. The smallest absolute Gasteiger partial charge is 0.303 e. The third-order valence-electron chi connectivity index (χ3n) is 1.98. The van der Waals surface area contributed by atoms with Crippen molar-refractivity contribution in [3.05, 3.63) is 24.0 Å². The predicted molar refractivity (Wildman–Crippen MR) is 46.1 cm³/mol. The van der Waals surface area contributed by atoms with Gasteiger partial charge in [-0.2, -0.15) is 0 Å². The topological polar surface area (TPSA) is 53.1 Å². The number of hydrogen-bond acceptors (Lipinski definition) is 1. The number of aromatic amines is 1. The van der Waals surface area contributed by atoms with Gasteiger partial charge in [-0.15, -0.1) is 0 Å². The number of aromatic nitrogens is 1. The molecule has 12 heavy (non-hydrogen) atoms. The lowest BCUT2D eigenvalue weighted by atomic mass is 9.99. The van der Waals surface area contributed by atoms with Gasteiger partial charge in [-0.3, -0.25) is 4.79 Å². The van der Waals surface area contributed by atoms with Gasteiger partial charge in [0.05, 0.1) is 0 Å². The molecule has 2 N–H and O–H groups in total. The van der Waals surface area contributed by atoms with Crippen molar-refractivity contribution < 1.29 is 9.90 Å². The second-order valence-corrected chi connectivity index (χ2v) is 2.98. The Morgan fingerprint density at radius 1 is 1.75 bits per heavy atom. The zero-order chi connectivity index (χ0) is 8.97. The molecule has 1 atom stereocenters. The minimum Gasteiger partial charge on any atom is -0.481 e. The quantitative estimate of drug-likeness (QED) is 0.720. The highest BCUT2D eigenvalue weighted by atomic mass is 16.4. The lowest BCUT2D eigenvalue weighted by molar-refractivity contribution is -0.137. The molecule has 0 saturated heterocycles. The van der Waals surface area contributed by atoms with Crippen LogP contribution in [0.5, 0.6) is 0 Å². The van der Waals surface area contributed by atoms with Gasteiger partial charge in [0.2, 0.25) is 0 Å². The molecule has 0 aliphatic rings. The van der Waals surface area contributed by atoms with Crippen molar-refractivity contribution >= 4 is 5.97 Å². The maximum atomic E-state index is 10.3. The van der Waals surface area contributed by atoms with Gasteiger partial charge < -0.3 is 10.1 Å². The summed E-state index contributed by atoms with van der Waals surface area (Å²) in [5, 5.41) is 8.45. The van der Waals surface area contributed by atoms with Crippen molar-refractivity contribution in [2.45, 2.75) is 25.7 Å². The van der Waals surface area contributed by atoms with E-state index < -0.39 is 5.97 Å². The van der Waals surface area contributed by atoms with Gasteiger partial charge >= 0.3 is 5.97 Å². The van der Waals surface area contributed by atoms with Crippen molar-refractivity contribution in [3.8, 4) is 0 Å². The molecule has 0 aliphatic heterocycles. The second kappa shape index (κ2) is 3.95. The molecule has 0 saturated carbocycles. The van der Waals surface area contributed by atoms with Gasteiger partial charge in [-0.05, 0) is 24.0 Å². The van der Waals surface area contributed by atoms with Crippen LogP contribution in [0.3, 0.4) is 0 Å². The summed E-state index contributed by atoms with van der Waals surface area (Å²) in [4.78, 5) is 13.2. The molecule has 1 aromatic rings. The van der Waals surface area contributed by atoms with Crippen molar-refractivity contribution in [1.29, 1.82) is 0 Å². The van der Waals surface area contributed by atoms with E-state index >= 15 is 0 Å². The molecular formula is C9H13NO2. The molecule has 0 bridgehead atoms. The summed E-state index contributed by atoms with van der Waals surface area (Å²) in [5.41, 5.74) is 1.18. The number of H-pyrrole nitrogens is 1. The summed E-state index contributed by atoms with van der Waals surface area (Å²) in [6.07, 6.45) is 4.71. The highest BCUT2D eigenvalue weighted by Crippen LogP contribution is 2.19. The van der Waals surface area contributed by atoms with Crippen LogP contribution in [0.25, 0.3) is 0 Å². The maximum Gasteiger partial charge on any atom is 0.303 e. The average molecular weight is 167 g/mol. The van der Waals surface area contributed by atoms with E-state index in [1.54, 1.807) is 0 Å². The van der Waals surface area contributed by atoms with E-state index in [9.17, 15) is 4.79 Å². The molecule has 0 radical (unpaired) electrons. The van der Waals surface area contributed by atoms with Gasteiger partial charge in [-0.1, -0.05) is 6.92 Å². The third-order valence-corrected chi connectivity index (χ3v) is 1.98. The summed E-state index contributed by atoms with van der Waals surface area (Å²) in [6, 6.07) is 1.98. The molecule has 66 valence electrons. The Labute approximate surface area is 71.4 Å². The van der Waals surface area contributed by atoms with Crippen LogP contribution in [0, 0.1) is 0 Å². The molecule has 1 aromatic heterocycles. The first-order valence-corrected chi connectivity index (χ1v) is 4.04. The molecule has 1 rings (SSSR count). The molecular weight excluding hydrogens is 154 g/mol. The van der Waals surface area contributed by atoms with Crippen molar-refractivity contribution in [1.82, 2.24) is 4.98 Å². The van der Waals surface area contributed by atoms with Crippen molar-refractivity contribution in [2.75, 3.05) is 0 Å². The van der Waals surface area contributed by atoms with Crippen LogP contribution in [0.15, 0.2) is 18.5 Å². The zero-order valence-corrected chi connectivity index (χ0v) is 7.08. The normalized spacial score (nSPS) is 12.8. The highest BCUT2D eigenvalue weighted by molar-refractivity contribution is 5.66. The number of carbonyl (C=O) groups is 1. The predicted octanol–water partition coefficient (Wildman–Crippen LogP) is 1.98. The fourth-order valence-electron chi connectivity index (χ4n) is 1.15. The van der Waals surface area contributed by atoms with Crippen LogP contribution in [0.2, 0.25) is 0 Å². The summed E-state index contributed by atoms with van der Waals surface area (Å²) in [5.74, 6) is -0.398. The van der Waals surface area contributed by atoms with Crippen molar-refractivity contribution in [2.24, 2.45) is 0 Å². The number of hydrogen-bond donors (Lipinski definition) is 2. The fourth-order valence-corrected chi connectivity index (χ4v) is 1.15. The molecule has 0 fully saturated rings. The Morgan fingerprint density at radius 3 is 3.00 bits per heavy atom. The molecule has 0 aromatic carbocycles. The molecule has 3 heteroatoms. The van der Waals surface area contributed by atoms with Gasteiger partial charge in [0.25, 0.3) is 0 Å². The Bertz CT molecular complexity index is 241. The number of carboxylic acids is 1. The lowest BCUT2D eigenvalue weighted by Gasteiger charge is -2.06. The Kier molecular flexibility index (Phi) is 2.91. The van der Waals surface area contributed by atoms with E-state index in [-0.39, 0.29) is 6.42 Å². The van der Waals surface area contributed by atoms with E-state index in [0.717, 1.165) is 0 Å². The van der Waals surface area contributed by atoms with Crippen LogP contribution in [-0.4, -0.2) is 16.1 Å². The average Bonchev–Trinajstić information content (AvgIpc) is 2.51. The largest absolute Gasteiger partial charge is 0.481 e. The maximum absolute atomic E-state index is 10.3. The van der Waals surface area contributed by atoms with Gasteiger partial charge in [-0.25, -0.2) is 0 Å². The second-order valence-electron chi connectivity index (χ2n) is 2.98. The minimum atomic E-state index is -0.725. The number of rotatable bonds is 4. The van der Waals surface area contributed by atoms with E-state index in [1.807, 2.05) is 25.4 Å². The first-order valence-electron chi connectivity index (χ1n) is 4.04.